The van der Waals surface area contributed by atoms with Crippen molar-refractivity contribution in [3.8, 4) is 34.4 Å². The highest BCUT2D eigenvalue weighted by Gasteiger charge is 2.21. The molecule has 0 radical (unpaired) electrons. The minimum Gasteiger partial charge on any atom is -0.383 e. The zero-order chi connectivity index (χ0) is 30.0. The van der Waals surface area contributed by atoms with Crippen LogP contribution in [-0.4, -0.2) is 60.6 Å². The van der Waals surface area contributed by atoms with Gasteiger partial charge in [-0.15, -0.1) is 0 Å². The van der Waals surface area contributed by atoms with E-state index >= 15 is 0 Å². The number of aromatic nitrogens is 6. The number of fused-ring (bicyclic) bond motifs is 1. The van der Waals surface area contributed by atoms with E-state index in [1.54, 1.807) is 18.3 Å². The Kier molecular flexibility index (Phi) is 7.09. The second-order valence-corrected chi connectivity index (χ2v) is 10.6. The average Bonchev–Trinajstić information content (AvgIpc) is 3.44. The van der Waals surface area contributed by atoms with Crippen LogP contribution in [0, 0.1) is 17.1 Å². The van der Waals surface area contributed by atoms with Crippen molar-refractivity contribution in [2.24, 2.45) is 0 Å². The van der Waals surface area contributed by atoms with Gasteiger partial charge in [-0.25, -0.2) is 29.3 Å². The first kappa shape index (κ1) is 27.1. The number of benzene rings is 2. The summed E-state index contributed by atoms with van der Waals surface area (Å²) >= 11 is 0. The number of halogens is 1. The van der Waals surface area contributed by atoms with Crippen LogP contribution in [0.2, 0.25) is 0 Å². The van der Waals surface area contributed by atoms with Gasteiger partial charge in [0.1, 0.15) is 41.1 Å². The van der Waals surface area contributed by atoms with Crippen molar-refractivity contribution < 1.29 is 4.39 Å². The number of pyridine rings is 2. The van der Waals surface area contributed by atoms with Gasteiger partial charge in [0.25, 0.3) is 0 Å². The van der Waals surface area contributed by atoms with Gasteiger partial charge in [0.05, 0.1) is 11.3 Å². The van der Waals surface area contributed by atoms with Gasteiger partial charge in [-0.3, -0.25) is 9.47 Å². The molecule has 5 heterocycles. The monoisotopic (exact) mass is 582 g/mol. The van der Waals surface area contributed by atoms with E-state index in [-0.39, 0.29) is 5.82 Å². The average molecular weight is 583 g/mol. The van der Waals surface area contributed by atoms with Crippen molar-refractivity contribution in [2.75, 3.05) is 36.8 Å². The first-order chi connectivity index (χ1) is 21.6. The number of nitrogen functional groups attached to an aromatic ring is 1. The van der Waals surface area contributed by atoms with Crippen molar-refractivity contribution >= 4 is 22.8 Å². The Morgan fingerprint density at radius 3 is 2.48 bits per heavy atom. The van der Waals surface area contributed by atoms with Gasteiger partial charge in [-0.05, 0) is 54.1 Å². The Morgan fingerprint density at radius 1 is 0.864 bits per heavy atom. The molecule has 7 rings (SSSR count). The summed E-state index contributed by atoms with van der Waals surface area (Å²) in [6, 6.07) is 26.0. The van der Waals surface area contributed by atoms with Crippen molar-refractivity contribution in [3.63, 3.8) is 0 Å². The van der Waals surface area contributed by atoms with E-state index in [0.29, 0.717) is 45.3 Å². The number of nitriles is 1. The van der Waals surface area contributed by atoms with Crippen LogP contribution >= 0.6 is 0 Å². The Labute approximate surface area is 252 Å². The zero-order valence-electron chi connectivity index (χ0n) is 23.7. The molecule has 216 valence electrons. The third-order valence-electron chi connectivity index (χ3n) is 7.77. The summed E-state index contributed by atoms with van der Waals surface area (Å²) in [6.07, 6.45) is 3.09. The van der Waals surface area contributed by atoms with E-state index in [0.717, 1.165) is 44.2 Å². The number of piperazine rings is 1. The van der Waals surface area contributed by atoms with Crippen molar-refractivity contribution in [1.82, 2.24) is 34.4 Å². The fourth-order valence-electron chi connectivity index (χ4n) is 5.52. The molecule has 0 aliphatic carbocycles. The molecule has 10 nitrogen and oxygen atoms in total. The van der Waals surface area contributed by atoms with E-state index < -0.39 is 0 Å². The van der Waals surface area contributed by atoms with Gasteiger partial charge in [-0.1, -0.05) is 24.3 Å². The lowest BCUT2D eigenvalue weighted by Crippen LogP contribution is -2.46. The lowest BCUT2D eigenvalue weighted by Gasteiger charge is -2.35. The normalized spacial score (nSPS) is 13.7. The van der Waals surface area contributed by atoms with Crippen molar-refractivity contribution in [1.29, 1.82) is 5.26 Å². The van der Waals surface area contributed by atoms with Gasteiger partial charge in [0, 0.05) is 56.2 Å². The Balaban J connectivity index is 1.17. The summed E-state index contributed by atoms with van der Waals surface area (Å²) in [5.41, 5.74) is 12.1. The summed E-state index contributed by atoms with van der Waals surface area (Å²) in [5, 5.41) is 9.16. The smallest absolute Gasteiger partial charge is 0.165 e. The zero-order valence-corrected chi connectivity index (χ0v) is 23.7. The molecule has 0 saturated carbocycles. The minimum atomic E-state index is -0.319. The van der Waals surface area contributed by atoms with Gasteiger partial charge in [0.15, 0.2) is 11.5 Å². The molecule has 1 aliphatic rings. The second-order valence-electron chi connectivity index (χ2n) is 10.6. The predicted octanol–water partition coefficient (Wildman–Crippen LogP) is 4.85. The molecule has 0 spiro atoms. The molecular weight excluding hydrogens is 555 g/mol. The highest BCUT2D eigenvalue weighted by atomic mass is 19.1. The van der Waals surface area contributed by atoms with Crippen LogP contribution in [0.4, 0.5) is 16.0 Å². The van der Waals surface area contributed by atoms with E-state index in [1.807, 2.05) is 34.9 Å². The van der Waals surface area contributed by atoms with E-state index in [1.165, 1.54) is 24.0 Å². The van der Waals surface area contributed by atoms with Crippen LogP contribution in [-0.2, 0) is 6.54 Å². The third kappa shape index (κ3) is 5.30. The highest BCUT2D eigenvalue weighted by molar-refractivity contribution is 5.84. The lowest BCUT2D eigenvalue weighted by atomic mass is 10.1. The molecule has 0 bridgehead atoms. The molecule has 4 aromatic heterocycles. The summed E-state index contributed by atoms with van der Waals surface area (Å²) in [4.78, 5) is 27.0. The Morgan fingerprint density at radius 2 is 1.70 bits per heavy atom. The molecule has 1 aliphatic heterocycles. The first-order valence-electron chi connectivity index (χ1n) is 14.2. The molecular formula is C33H27FN10. The molecule has 0 atom stereocenters. The molecule has 2 N–H and O–H groups in total. The molecule has 2 aromatic carbocycles. The quantitative estimate of drug-likeness (QED) is 0.293. The topological polar surface area (TPSA) is 126 Å². The second kappa shape index (κ2) is 11.5. The number of hydrogen-bond acceptors (Lipinski definition) is 9. The van der Waals surface area contributed by atoms with Gasteiger partial charge in [-0.2, -0.15) is 5.26 Å². The van der Waals surface area contributed by atoms with Gasteiger partial charge >= 0.3 is 0 Å². The maximum Gasteiger partial charge on any atom is 0.165 e. The minimum absolute atomic E-state index is 0.319. The van der Waals surface area contributed by atoms with Crippen LogP contribution in [0.3, 0.4) is 0 Å². The van der Waals surface area contributed by atoms with E-state index in [4.69, 9.17) is 21.0 Å². The maximum atomic E-state index is 14.0. The molecule has 44 heavy (non-hydrogen) atoms. The summed E-state index contributed by atoms with van der Waals surface area (Å²) < 4.78 is 16.0. The number of anilines is 2. The number of nitrogens with two attached hydrogens (primary N) is 1. The Bertz CT molecular complexity index is 2010. The third-order valence-corrected chi connectivity index (χ3v) is 7.77. The van der Waals surface area contributed by atoms with Crippen LogP contribution in [0.5, 0.6) is 0 Å². The van der Waals surface area contributed by atoms with Crippen LogP contribution in [0.25, 0.3) is 39.5 Å². The van der Waals surface area contributed by atoms with Crippen LogP contribution < -0.4 is 10.6 Å². The molecule has 1 saturated heterocycles. The first-order valence-corrected chi connectivity index (χ1v) is 14.2. The summed E-state index contributed by atoms with van der Waals surface area (Å²) in [7, 11) is 0. The van der Waals surface area contributed by atoms with Crippen LogP contribution in [0.15, 0.2) is 91.4 Å². The molecule has 11 heteroatoms. The lowest BCUT2D eigenvalue weighted by molar-refractivity contribution is 0.249. The SMILES string of the molecule is N#Cc1cc(N2CCN(Cc3ccc(-n4c(-c5cccnc5N)nc5ccc(-c6cccc(F)c6)nc54)cc3)CC2)ncn1. The molecule has 1 fully saturated rings. The van der Waals surface area contributed by atoms with Crippen molar-refractivity contribution in [2.45, 2.75) is 6.54 Å². The maximum absolute atomic E-state index is 14.0. The summed E-state index contributed by atoms with van der Waals surface area (Å²) in [5.74, 6) is 1.46. The number of rotatable bonds is 6. The van der Waals surface area contributed by atoms with E-state index in [2.05, 4.69) is 55.1 Å². The number of hydrogen-bond donors (Lipinski definition) is 1. The summed E-state index contributed by atoms with van der Waals surface area (Å²) in [6.45, 7) is 4.18. The Hall–Kier alpha value is -5.73. The fraction of sp³-hybridized carbons (Fsp3) is 0.152. The van der Waals surface area contributed by atoms with Gasteiger partial charge in [0.2, 0.25) is 0 Å². The van der Waals surface area contributed by atoms with Gasteiger partial charge < -0.3 is 10.6 Å². The standard InChI is InChI=1S/C33H27FN10/c34-24-4-1-3-23(17-24)28-10-11-29-33(40-28)44(32(41-29)27-5-2-12-37-31(27)36)26-8-6-22(7-9-26)20-42-13-15-43(16-14-42)30-18-25(19-35)38-21-39-30/h1-12,17-18,21H,13-16,20H2,(H2,36,37). The number of nitrogens with zero attached hydrogens (tertiary/aromatic N) is 9. The predicted molar refractivity (Wildman–Crippen MR) is 166 cm³/mol. The highest BCUT2D eigenvalue weighted by Crippen LogP contribution is 2.32. The molecule has 0 amide bonds. The van der Waals surface area contributed by atoms with Crippen molar-refractivity contribution in [3.05, 3.63) is 108 Å². The largest absolute Gasteiger partial charge is 0.383 e. The molecule has 0 unspecified atom stereocenters. The number of imidazole rings is 1. The van der Waals surface area contributed by atoms with E-state index in [9.17, 15) is 4.39 Å². The fourth-order valence-corrected chi connectivity index (χ4v) is 5.52. The van der Waals surface area contributed by atoms with Crippen LogP contribution in [0.1, 0.15) is 11.3 Å². The molecule has 6 aromatic rings.